The first-order valence-electron chi connectivity index (χ1n) is 6.06. The van der Waals surface area contributed by atoms with E-state index in [1.165, 1.54) is 0 Å². The molecule has 0 saturated carbocycles. The van der Waals surface area contributed by atoms with Gasteiger partial charge in [-0.3, -0.25) is 0 Å². The molecule has 0 bridgehead atoms. The van der Waals surface area contributed by atoms with Crippen molar-refractivity contribution in [3.05, 3.63) is 48.5 Å². The second-order valence-corrected chi connectivity index (χ2v) is 4.22. The normalized spacial score (nSPS) is 13.1. The quantitative estimate of drug-likeness (QED) is 0.650. The van der Waals surface area contributed by atoms with Crippen LogP contribution in [0, 0.1) is 5.53 Å². The van der Waals surface area contributed by atoms with E-state index in [0.29, 0.717) is 17.2 Å². The zero-order chi connectivity index (χ0) is 13.9. The topological polar surface area (TPSA) is 69.7 Å². The van der Waals surface area contributed by atoms with Crippen LogP contribution in [0.1, 0.15) is 0 Å². The van der Waals surface area contributed by atoms with Crippen LogP contribution in [0.5, 0.6) is 11.5 Å². The van der Waals surface area contributed by atoms with Gasteiger partial charge in [-0.05, 0) is 28.9 Å². The van der Waals surface area contributed by atoms with Crippen LogP contribution in [0.15, 0.2) is 53.6 Å². The molecule has 0 saturated heterocycles. The highest BCUT2D eigenvalue weighted by Crippen LogP contribution is 2.30. The number of rotatable bonds is 2. The van der Waals surface area contributed by atoms with Gasteiger partial charge in [0.05, 0.1) is 0 Å². The van der Waals surface area contributed by atoms with Crippen molar-refractivity contribution < 1.29 is 14.2 Å². The van der Waals surface area contributed by atoms with Crippen molar-refractivity contribution in [3.8, 4) is 11.5 Å². The van der Waals surface area contributed by atoms with Gasteiger partial charge in [-0.1, -0.05) is 24.3 Å². The second-order valence-electron chi connectivity index (χ2n) is 4.22. The van der Waals surface area contributed by atoms with Gasteiger partial charge < -0.3 is 9.47 Å². The Hall–Kier alpha value is -2.89. The van der Waals surface area contributed by atoms with E-state index in [1.807, 2.05) is 30.3 Å². The average molecular weight is 269 g/mol. The summed E-state index contributed by atoms with van der Waals surface area (Å²) in [7, 11) is 1.78. The molecule has 100 valence electrons. The Morgan fingerprint density at radius 1 is 1.15 bits per heavy atom. The number of benzene rings is 2. The Balaban J connectivity index is 1.90. The fraction of sp³-hybridized carbons (Fsp3) is 0.0714. The van der Waals surface area contributed by atoms with Gasteiger partial charge in [-0.15, -0.1) is 0 Å². The lowest BCUT2D eigenvalue weighted by Crippen LogP contribution is -2.35. The SMILES string of the molecule is C[N+]1=C(Oc2ccccc2N=N)Oc2ccccc2N1. The van der Waals surface area contributed by atoms with Gasteiger partial charge in [-0.25, -0.2) is 5.53 Å². The minimum Gasteiger partial charge on any atom is -0.371 e. The fourth-order valence-corrected chi connectivity index (χ4v) is 1.86. The van der Waals surface area contributed by atoms with Crippen LogP contribution >= 0.6 is 0 Å². The molecule has 0 fully saturated rings. The number of ether oxygens (including phenoxy) is 2. The number of para-hydroxylation sites is 4. The van der Waals surface area contributed by atoms with Gasteiger partial charge in [-0.2, -0.15) is 10.5 Å². The number of hydrogen-bond acceptors (Lipinski definition) is 5. The molecule has 0 aromatic heterocycles. The first-order valence-corrected chi connectivity index (χ1v) is 6.06. The highest BCUT2D eigenvalue weighted by Gasteiger charge is 2.27. The Labute approximate surface area is 115 Å². The summed E-state index contributed by atoms with van der Waals surface area (Å²) < 4.78 is 13.0. The lowest BCUT2D eigenvalue weighted by Gasteiger charge is -2.16. The molecule has 2 aromatic carbocycles. The van der Waals surface area contributed by atoms with Gasteiger partial charge in [0.2, 0.25) is 0 Å². The van der Waals surface area contributed by atoms with Gasteiger partial charge in [0.25, 0.3) is 0 Å². The van der Waals surface area contributed by atoms with Crippen LogP contribution in [-0.2, 0) is 0 Å². The lowest BCUT2D eigenvalue weighted by atomic mass is 10.3. The van der Waals surface area contributed by atoms with Crippen LogP contribution in [-0.4, -0.2) is 17.8 Å². The van der Waals surface area contributed by atoms with E-state index in [-0.39, 0.29) is 6.08 Å². The second kappa shape index (κ2) is 5.00. The van der Waals surface area contributed by atoms with Crippen molar-refractivity contribution >= 4 is 17.5 Å². The van der Waals surface area contributed by atoms with Crippen molar-refractivity contribution in [2.45, 2.75) is 0 Å². The number of anilines is 1. The Morgan fingerprint density at radius 3 is 2.75 bits per heavy atom. The van der Waals surface area contributed by atoms with E-state index >= 15 is 0 Å². The van der Waals surface area contributed by atoms with Crippen LogP contribution < -0.4 is 14.9 Å². The molecule has 1 heterocycles. The molecule has 0 unspecified atom stereocenters. The number of hydrazine groups is 1. The smallest absolute Gasteiger partial charge is 0.371 e. The third-order valence-electron chi connectivity index (χ3n) is 2.83. The molecule has 3 rings (SSSR count). The van der Waals surface area contributed by atoms with E-state index in [9.17, 15) is 0 Å². The van der Waals surface area contributed by atoms with Crippen LogP contribution in [0.2, 0.25) is 0 Å². The molecular formula is C14H13N4O2+. The predicted molar refractivity (Wildman–Crippen MR) is 73.8 cm³/mol. The van der Waals surface area contributed by atoms with Crippen LogP contribution in [0.4, 0.5) is 11.4 Å². The van der Waals surface area contributed by atoms with E-state index in [4.69, 9.17) is 15.0 Å². The van der Waals surface area contributed by atoms with Crippen molar-refractivity contribution in [2.24, 2.45) is 5.11 Å². The summed E-state index contributed by atoms with van der Waals surface area (Å²) in [5.74, 6) is 1.14. The van der Waals surface area contributed by atoms with E-state index in [1.54, 1.807) is 29.9 Å². The highest BCUT2D eigenvalue weighted by molar-refractivity contribution is 5.75. The fourth-order valence-electron chi connectivity index (χ4n) is 1.86. The first-order chi connectivity index (χ1) is 9.78. The van der Waals surface area contributed by atoms with Crippen LogP contribution in [0.25, 0.3) is 0 Å². The maximum atomic E-state index is 7.13. The Kier molecular flexibility index (Phi) is 3.04. The largest absolute Gasteiger partial charge is 0.590 e. The third-order valence-corrected chi connectivity index (χ3v) is 2.83. The Bertz CT molecular complexity index is 697. The molecule has 1 aliphatic rings. The molecule has 0 aliphatic carbocycles. The maximum Gasteiger partial charge on any atom is 0.590 e. The summed E-state index contributed by atoms with van der Waals surface area (Å²) in [5.41, 5.74) is 11.6. The monoisotopic (exact) mass is 269 g/mol. The van der Waals surface area contributed by atoms with Gasteiger partial charge in [0.1, 0.15) is 11.4 Å². The summed E-state index contributed by atoms with van der Waals surface area (Å²) >= 11 is 0. The molecular weight excluding hydrogens is 256 g/mol. The number of hydrazone groups is 1. The van der Waals surface area contributed by atoms with E-state index < -0.39 is 0 Å². The van der Waals surface area contributed by atoms with Gasteiger partial charge in [0.15, 0.2) is 18.5 Å². The summed E-state index contributed by atoms with van der Waals surface area (Å²) in [6, 6.07) is 14.6. The molecule has 6 nitrogen and oxygen atoms in total. The molecule has 2 aromatic rings. The van der Waals surface area contributed by atoms with Crippen molar-refractivity contribution in [3.63, 3.8) is 0 Å². The molecule has 0 atom stereocenters. The molecule has 1 aliphatic heterocycles. The third kappa shape index (κ3) is 2.18. The highest BCUT2D eigenvalue weighted by atomic mass is 16.7. The summed E-state index contributed by atoms with van der Waals surface area (Å²) in [5, 5.41) is 3.42. The van der Waals surface area contributed by atoms with E-state index in [2.05, 4.69) is 10.5 Å². The minimum absolute atomic E-state index is 0.278. The molecule has 6 heteroatoms. The first kappa shape index (κ1) is 12.2. The molecule has 0 radical (unpaired) electrons. The minimum atomic E-state index is 0.278. The zero-order valence-corrected chi connectivity index (χ0v) is 10.8. The van der Waals surface area contributed by atoms with Crippen molar-refractivity contribution in [1.29, 1.82) is 5.53 Å². The molecule has 0 amide bonds. The predicted octanol–water partition coefficient (Wildman–Crippen LogP) is 3.15. The number of nitrogens with one attached hydrogen (secondary N) is 2. The van der Waals surface area contributed by atoms with Crippen molar-refractivity contribution in [1.82, 2.24) is 0 Å². The number of nitrogens with zero attached hydrogens (tertiary/aromatic N) is 2. The van der Waals surface area contributed by atoms with Crippen molar-refractivity contribution in [2.75, 3.05) is 12.5 Å². The molecule has 0 spiro atoms. The van der Waals surface area contributed by atoms with Gasteiger partial charge >= 0.3 is 6.08 Å². The summed E-state index contributed by atoms with van der Waals surface area (Å²) in [6.07, 6.45) is 0.278. The van der Waals surface area contributed by atoms with Crippen LogP contribution in [0.3, 0.4) is 0 Å². The van der Waals surface area contributed by atoms with Gasteiger partial charge in [0, 0.05) is 0 Å². The number of hydrogen-bond donors (Lipinski definition) is 2. The lowest BCUT2D eigenvalue weighted by molar-refractivity contribution is -0.483. The summed E-state index contributed by atoms with van der Waals surface area (Å²) in [4.78, 5) is 0. The molecule has 20 heavy (non-hydrogen) atoms. The maximum absolute atomic E-state index is 7.13. The standard InChI is InChI=1S/C14H13N4O2/c1-18-14(19-12-8-4-2-6-10(12)16-15)20-13-9-5-3-7-11(13)17-18/h2-9,15,17H,1H3/q+1. The van der Waals surface area contributed by atoms with E-state index in [0.717, 1.165) is 5.69 Å². The average Bonchev–Trinajstić information content (AvgIpc) is 2.48. The number of fused-ring (bicyclic) bond motifs is 1. The summed E-state index contributed by atoms with van der Waals surface area (Å²) in [6.45, 7) is 0. The zero-order valence-electron chi connectivity index (χ0n) is 10.8. The Morgan fingerprint density at radius 2 is 1.90 bits per heavy atom. The molecule has 2 N–H and O–H groups in total.